The third-order valence-corrected chi connectivity index (χ3v) is 6.18. The molecule has 8 nitrogen and oxygen atoms in total. The molecule has 0 bridgehead atoms. The molecule has 0 saturated carbocycles. The Morgan fingerprint density at radius 1 is 0.970 bits per heavy atom. The van der Waals surface area contributed by atoms with Crippen LogP contribution in [-0.4, -0.2) is 41.7 Å². The zero-order valence-corrected chi connectivity index (χ0v) is 18.6. The van der Waals surface area contributed by atoms with Crippen LogP contribution in [0, 0.1) is 0 Å². The molecule has 3 N–H and O–H groups in total. The van der Waals surface area contributed by atoms with Gasteiger partial charge in [0.2, 0.25) is 0 Å². The Labute approximate surface area is 193 Å². The lowest BCUT2D eigenvalue weighted by molar-refractivity contribution is 0.724. The van der Waals surface area contributed by atoms with Crippen LogP contribution in [0.5, 0.6) is 0 Å². The summed E-state index contributed by atoms with van der Waals surface area (Å²) in [7, 11) is 0. The summed E-state index contributed by atoms with van der Waals surface area (Å²) in [5.74, 6) is 0.657. The maximum absolute atomic E-state index is 4.92. The molecule has 0 aliphatic carbocycles. The van der Waals surface area contributed by atoms with E-state index in [0.29, 0.717) is 11.5 Å². The molecule has 0 unspecified atom stereocenters. The van der Waals surface area contributed by atoms with Gasteiger partial charge in [0.05, 0.1) is 22.4 Å². The smallest absolute Gasteiger partial charge is 0.161 e. The molecule has 0 radical (unpaired) electrons. The lowest BCUT2D eigenvalue weighted by Crippen LogP contribution is -2.11. The van der Waals surface area contributed by atoms with E-state index >= 15 is 0 Å². The van der Waals surface area contributed by atoms with Gasteiger partial charge in [-0.3, -0.25) is 15.1 Å². The van der Waals surface area contributed by atoms with Crippen molar-refractivity contribution in [3.05, 3.63) is 65.2 Å². The maximum atomic E-state index is 4.92. The number of nitrogens with zero attached hydrogens (tertiary/aromatic N) is 5. The summed E-state index contributed by atoms with van der Waals surface area (Å²) in [6, 6.07) is 10.1. The van der Waals surface area contributed by atoms with Crippen molar-refractivity contribution in [3.8, 4) is 34.0 Å². The third-order valence-electron chi connectivity index (χ3n) is 5.50. The highest BCUT2D eigenvalue weighted by Gasteiger charge is 2.17. The number of aromatic amines is 2. The first kappa shape index (κ1) is 19.7. The Morgan fingerprint density at radius 3 is 2.79 bits per heavy atom. The van der Waals surface area contributed by atoms with Gasteiger partial charge in [0.15, 0.2) is 11.5 Å². The van der Waals surface area contributed by atoms with E-state index < -0.39 is 0 Å². The van der Waals surface area contributed by atoms with E-state index in [-0.39, 0.29) is 0 Å². The van der Waals surface area contributed by atoms with Crippen molar-refractivity contribution < 1.29 is 0 Å². The molecule has 6 aromatic rings. The zero-order valence-electron chi connectivity index (χ0n) is 17.8. The molecular weight excluding hydrogens is 432 g/mol. The summed E-state index contributed by atoms with van der Waals surface area (Å²) in [5, 5.41) is 15.0. The first-order valence-electron chi connectivity index (χ1n) is 10.7. The number of pyridine rings is 3. The highest BCUT2D eigenvalue weighted by atomic mass is 32.1. The molecule has 0 aromatic carbocycles. The zero-order chi connectivity index (χ0) is 22.2. The second-order valence-corrected chi connectivity index (χ2v) is 8.46. The molecule has 0 aliphatic heterocycles. The molecule has 6 rings (SSSR count). The second-order valence-electron chi connectivity index (χ2n) is 7.68. The third kappa shape index (κ3) is 3.57. The lowest BCUT2D eigenvalue weighted by atomic mass is 10.1. The number of rotatable bonds is 6. The monoisotopic (exact) mass is 452 g/mol. The van der Waals surface area contributed by atoms with Crippen LogP contribution >= 0.6 is 11.3 Å². The van der Waals surface area contributed by atoms with Crippen molar-refractivity contribution in [2.75, 3.05) is 6.54 Å². The normalized spacial score (nSPS) is 11.5. The second kappa shape index (κ2) is 8.19. The highest BCUT2D eigenvalue weighted by molar-refractivity contribution is 7.08. The van der Waals surface area contributed by atoms with Crippen molar-refractivity contribution >= 4 is 33.4 Å². The van der Waals surface area contributed by atoms with Gasteiger partial charge in [0.25, 0.3) is 0 Å². The molecule has 6 aromatic heterocycles. The fourth-order valence-corrected chi connectivity index (χ4v) is 4.52. The van der Waals surface area contributed by atoms with E-state index in [1.807, 2.05) is 36.0 Å². The first-order chi connectivity index (χ1) is 16.3. The molecule has 0 amide bonds. The van der Waals surface area contributed by atoms with Crippen LogP contribution in [0.4, 0.5) is 0 Å². The van der Waals surface area contributed by atoms with Gasteiger partial charge in [-0.2, -0.15) is 16.4 Å². The van der Waals surface area contributed by atoms with Crippen molar-refractivity contribution in [3.63, 3.8) is 0 Å². The van der Waals surface area contributed by atoms with Gasteiger partial charge in [-0.15, -0.1) is 0 Å². The summed E-state index contributed by atoms with van der Waals surface area (Å²) >= 11 is 1.64. The van der Waals surface area contributed by atoms with Crippen LogP contribution in [0.1, 0.15) is 12.5 Å². The molecule has 9 heteroatoms. The van der Waals surface area contributed by atoms with Crippen LogP contribution in [-0.2, 0) is 6.54 Å². The average Bonchev–Trinajstić information content (AvgIpc) is 3.61. The Balaban J connectivity index is 1.44. The molecule has 33 heavy (non-hydrogen) atoms. The number of hydrogen-bond acceptors (Lipinski definition) is 7. The number of imidazole rings is 1. The van der Waals surface area contributed by atoms with Crippen LogP contribution < -0.4 is 5.32 Å². The predicted molar refractivity (Wildman–Crippen MR) is 131 cm³/mol. The number of fused-ring (bicyclic) bond motifs is 2. The maximum Gasteiger partial charge on any atom is 0.161 e. The Hall–Kier alpha value is -3.95. The number of thiophene rings is 1. The van der Waals surface area contributed by atoms with Gasteiger partial charge in [-0.05, 0) is 47.8 Å². The molecular formula is C24H20N8S. The summed E-state index contributed by atoms with van der Waals surface area (Å²) in [4.78, 5) is 22.1. The van der Waals surface area contributed by atoms with Gasteiger partial charge < -0.3 is 10.3 Å². The molecule has 0 aliphatic rings. The van der Waals surface area contributed by atoms with Gasteiger partial charge in [0, 0.05) is 41.6 Å². The minimum Gasteiger partial charge on any atom is -0.336 e. The predicted octanol–water partition coefficient (Wildman–Crippen LogP) is 4.80. The fraction of sp³-hybridized carbons (Fsp3) is 0.125. The standard InChI is InChI=1S/C24H20N8S/c1-2-25-10-14-9-16(12-26-11-14)17-3-4-19-22(28-17)23(32-31-19)24-29-18-5-7-27-20(21(18)30-24)15-6-8-33-13-15/h3-9,11-13,25H,2,10H2,1H3,(H,29,30)(H,31,32). The van der Waals surface area contributed by atoms with Crippen molar-refractivity contribution in [2.45, 2.75) is 13.5 Å². The summed E-state index contributed by atoms with van der Waals surface area (Å²) in [6.45, 7) is 3.77. The van der Waals surface area contributed by atoms with Crippen molar-refractivity contribution in [1.82, 2.24) is 40.4 Å². The summed E-state index contributed by atoms with van der Waals surface area (Å²) < 4.78 is 0. The number of hydrogen-bond donors (Lipinski definition) is 3. The number of nitrogens with one attached hydrogen (secondary N) is 3. The Bertz CT molecular complexity index is 1560. The van der Waals surface area contributed by atoms with Crippen LogP contribution in [0.15, 0.2) is 59.7 Å². The highest BCUT2D eigenvalue weighted by Crippen LogP contribution is 2.31. The SMILES string of the molecule is CCNCc1cncc(-c2ccc3[nH]nc(-c4nc5c(-c6ccsc6)nccc5[nH]4)c3n2)c1. The van der Waals surface area contributed by atoms with Crippen LogP contribution in [0.3, 0.4) is 0 Å². The van der Waals surface area contributed by atoms with E-state index in [1.54, 1.807) is 17.5 Å². The minimum atomic E-state index is 0.657. The molecule has 162 valence electrons. The first-order valence-corrected chi connectivity index (χ1v) is 11.6. The topological polar surface area (TPSA) is 108 Å². The van der Waals surface area contributed by atoms with Gasteiger partial charge in [-0.25, -0.2) is 9.97 Å². The summed E-state index contributed by atoms with van der Waals surface area (Å²) in [6.07, 6.45) is 5.51. The van der Waals surface area contributed by atoms with E-state index in [2.05, 4.69) is 54.9 Å². The van der Waals surface area contributed by atoms with Crippen molar-refractivity contribution in [1.29, 1.82) is 0 Å². The Morgan fingerprint density at radius 2 is 1.91 bits per heavy atom. The molecule has 0 atom stereocenters. The number of H-pyrrole nitrogens is 2. The summed E-state index contributed by atoms with van der Waals surface area (Å²) in [5.41, 5.74) is 8.85. The van der Waals surface area contributed by atoms with Crippen LogP contribution in [0.25, 0.3) is 56.1 Å². The van der Waals surface area contributed by atoms with Gasteiger partial charge in [-0.1, -0.05) is 6.92 Å². The minimum absolute atomic E-state index is 0.657. The average molecular weight is 453 g/mol. The molecule has 0 spiro atoms. The van der Waals surface area contributed by atoms with E-state index in [4.69, 9.17) is 9.97 Å². The molecule has 6 heterocycles. The van der Waals surface area contributed by atoms with E-state index in [9.17, 15) is 0 Å². The molecule has 0 fully saturated rings. The number of aromatic nitrogens is 7. The van der Waals surface area contributed by atoms with E-state index in [1.165, 1.54) is 0 Å². The van der Waals surface area contributed by atoms with Gasteiger partial charge >= 0.3 is 0 Å². The lowest BCUT2D eigenvalue weighted by Gasteiger charge is -2.05. The molecule has 0 saturated heterocycles. The Kier molecular flexibility index (Phi) is 4.89. The van der Waals surface area contributed by atoms with Crippen molar-refractivity contribution in [2.24, 2.45) is 0 Å². The quantitative estimate of drug-likeness (QED) is 0.335. The largest absolute Gasteiger partial charge is 0.336 e. The van der Waals surface area contributed by atoms with Gasteiger partial charge in [0.1, 0.15) is 11.0 Å². The van der Waals surface area contributed by atoms with Crippen LogP contribution in [0.2, 0.25) is 0 Å². The van der Waals surface area contributed by atoms with E-state index in [0.717, 1.165) is 63.2 Å². The fourth-order valence-electron chi connectivity index (χ4n) is 3.88.